The fourth-order valence-electron chi connectivity index (χ4n) is 5.22. The Bertz CT molecular complexity index is 1930. The van der Waals surface area contributed by atoms with Crippen LogP contribution in [0.3, 0.4) is 0 Å². The van der Waals surface area contributed by atoms with Gasteiger partial charge in [-0.15, -0.1) is 16.9 Å². The number of rotatable bonds is 3. The molecule has 25 heteroatoms. The molecule has 0 aromatic carbocycles. The number of halogens is 1. The van der Waals surface area contributed by atoms with Crippen LogP contribution in [-0.4, -0.2) is 98.6 Å². The third-order valence-electron chi connectivity index (χ3n) is 7.23. The molecule has 0 amide bonds. The lowest BCUT2D eigenvalue weighted by Crippen LogP contribution is -2.34. The highest BCUT2D eigenvalue weighted by Gasteiger charge is 2.52. The molecule has 7 rings (SSSR count). The molecule has 3 aliphatic heterocycles. The van der Waals surface area contributed by atoms with Gasteiger partial charge in [-0.2, -0.15) is 9.67 Å². The third-order valence-corrected chi connectivity index (χ3v) is 13.7. The summed E-state index contributed by atoms with van der Waals surface area (Å²) in [5.74, 6) is -0.0865. The number of anilines is 2. The second-order valence-electron chi connectivity index (χ2n) is 10.0. The molecule has 7 heterocycles. The van der Waals surface area contributed by atoms with Crippen LogP contribution >= 0.6 is 36.7 Å². The molecule has 6 N–H and O–H groups in total. The fourth-order valence-corrected chi connectivity index (χ4v) is 10.5. The van der Waals surface area contributed by atoms with Crippen LogP contribution in [0.15, 0.2) is 17.4 Å². The molecular weight excluding hydrogens is 699 g/mol. The second kappa shape index (κ2) is 11.7. The zero-order chi connectivity index (χ0) is 31.7. The van der Waals surface area contributed by atoms with Crippen LogP contribution in [0.2, 0.25) is 0 Å². The summed E-state index contributed by atoms with van der Waals surface area (Å²) in [4.78, 5) is 42.2. The first kappa shape index (κ1) is 31.3. The number of hydrogen-bond acceptors (Lipinski definition) is 18. The van der Waals surface area contributed by atoms with E-state index >= 15 is 4.39 Å². The molecule has 0 aliphatic carbocycles. The molecule has 1 unspecified atom stereocenters. The van der Waals surface area contributed by atoms with Gasteiger partial charge < -0.3 is 30.1 Å². The maximum absolute atomic E-state index is 16.1. The van der Waals surface area contributed by atoms with E-state index in [-0.39, 0.29) is 52.4 Å². The number of ether oxygens (including phenoxy) is 1. The minimum atomic E-state index is -4.02. The first-order chi connectivity index (χ1) is 21.4. The lowest BCUT2D eigenvalue weighted by Gasteiger charge is -2.27. The standard InChI is InChI=1S/C20H24FN11O8P2S3/c1-44-42(35)37-3-7-2-8(19(45-7)31-6-26-12-16(31)27-20(23)28-17(12)33)39-41(34,43)36-4-9-13(40-42)10(21)18(38-9)32-15-11(29-30-32)14(22)24-5-25-15/h5-10,13,18-19H,2-4H2,1H3,(H,34,43)(H2,22,24,25)(H3,23,27,28,33)/t7-,8+,9+,10-,13+,18+,19+,41?,42+/m0/s1. The summed E-state index contributed by atoms with van der Waals surface area (Å²) in [6.45, 7) is -8.64. The Morgan fingerprint density at radius 2 is 2.00 bits per heavy atom. The van der Waals surface area contributed by atoms with Crippen molar-refractivity contribution in [1.82, 2.24) is 44.5 Å². The maximum Gasteiger partial charge on any atom is 0.389 e. The van der Waals surface area contributed by atoms with Crippen LogP contribution in [0.25, 0.3) is 22.3 Å². The van der Waals surface area contributed by atoms with Crippen LogP contribution in [0.4, 0.5) is 16.2 Å². The van der Waals surface area contributed by atoms with Crippen molar-refractivity contribution in [3.63, 3.8) is 0 Å². The minimum absolute atomic E-state index is 0.0285. The molecule has 4 aromatic rings. The number of nitrogens with one attached hydrogen (secondary N) is 1. The van der Waals surface area contributed by atoms with E-state index < -0.39 is 61.8 Å². The SMILES string of the molecule is CS[P@]1(=O)OC[C@@H]2C[C@@H](OP(O)(=S)OC[C@H]3O[C@@H](n4nnc5c(N)ncnc54)[C@@H](F)[C@@H]3O1)[C@H](n1cnc3c(=O)[nH]c(N)nc31)S2. The number of fused-ring (bicyclic) bond motifs is 5. The molecule has 45 heavy (non-hydrogen) atoms. The van der Waals surface area contributed by atoms with E-state index in [4.69, 9.17) is 46.1 Å². The highest BCUT2D eigenvalue weighted by atomic mass is 32.7. The molecule has 19 nitrogen and oxygen atoms in total. The first-order valence-corrected chi connectivity index (χ1v) is 20.0. The Hall–Kier alpha value is -2.30. The maximum atomic E-state index is 16.1. The Labute approximate surface area is 264 Å². The molecule has 9 atom stereocenters. The molecule has 3 aliphatic rings. The van der Waals surface area contributed by atoms with Gasteiger partial charge in [0.2, 0.25) is 5.95 Å². The van der Waals surface area contributed by atoms with Crippen molar-refractivity contribution in [2.75, 3.05) is 30.9 Å². The Balaban J connectivity index is 1.20. The van der Waals surface area contributed by atoms with Crippen LogP contribution < -0.4 is 17.0 Å². The smallest absolute Gasteiger partial charge is 0.382 e. The summed E-state index contributed by atoms with van der Waals surface area (Å²) in [5.41, 5.74) is 11.5. The highest BCUT2D eigenvalue weighted by molar-refractivity contribution is 8.54. The molecule has 242 valence electrons. The number of imidazole rings is 1. The summed E-state index contributed by atoms with van der Waals surface area (Å²) in [6.07, 6.45) is -2.68. The van der Waals surface area contributed by atoms with Gasteiger partial charge in [-0.05, 0) is 35.9 Å². The molecule has 0 saturated carbocycles. The number of alkyl halides is 1. The number of nitrogens with zero attached hydrogens (tertiary/aromatic N) is 8. The molecule has 0 radical (unpaired) electrons. The second-order valence-corrected chi connectivity index (χ2v) is 18.4. The van der Waals surface area contributed by atoms with Crippen LogP contribution in [-0.2, 0) is 39.2 Å². The van der Waals surface area contributed by atoms with Crippen molar-refractivity contribution in [2.45, 2.75) is 47.8 Å². The van der Waals surface area contributed by atoms with Gasteiger partial charge in [0.05, 0.1) is 25.6 Å². The number of H-pyrrole nitrogens is 1. The molecule has 3 saturated heterocycles. The normalized spacial score (nSPS) is 36.0. The number of aromatic nitrogens is 9. The van der Waals surface area contributed by atoms with E-state index in [1.165, 1.54) is 24.3 Å². The fraction of sp³-hybridized carbons (Fsp3) is 0.550. The Morgan fingerprint density at radius 1 is 1.18 bits per heavy atom. The number of thioether (sulfide) groups is 1. The summed E-state index contributed by atoms with van der Waals surface area (Å²) < 4.78 is 61.8. The number of hydrogen-bond donors (Lipinski definition) is 4. The summed E-state index contributed by atoms with van der Waals surface area (Å²) >= 11 is 7.45. The van der Waals surface area contributed by atoms with Crippen LogP contribution in [0.5, 0.6) is 0 Å². The number of nitrogens with two attached hydrogens (primary N) is 2. The van der Waals surface area contributed by atoms with Gasteiger partial charge in [-0.1, -0.05) is 5.21 Å². The monoisotopic (exact) mass is 723 g/mol. The first-order valence-electron chi connectivity index (χ1n) is 13.1. The Morgan fingerprint density at radius 3 is 2.80 bits per heavy atom. The van der Waals surface area contributed by atoms with Crippen molar-refractivity contribution in [1.29, 1.82) is 0 Å². The minimum Gasteiger partial charge on any atom is -0.382 e. The van der Waals surface area contributed by atoms with Gasteiger partial charge in [-0.25, -0.2) is 23.9 Å². The van der Waals surface area contributed by atoms with Gasteiger partial charge >= 0.3 is 13.5 Å². The van der Waals surface area contributed by atoms with Crippen molar-refractivity contribution in [3.8, 4) is 0 Å². The van der Waals surface area contributed by atoms with Crippen molar-refractivity contribution < 1.29 is 36.7 Å². The van der Waals surface area contributed by atoms with Crippen LogP contribution in [0, 0.1) is 0 Å². The van der Waals surface area contributed by atoms with E-state index in [1.807, 2.05) is 0 Å². The zero-order valence-electron chi connectivity index (χ0n) is 22.9. The molecule has 3 fully saturated rings. The lowest BCUT2D eigenvalue weighted by molar-refractivity contribution is -0.0483. The van der Waals surface area contributed by atoms with Gasteiger partial charge in [0, 0.05) is 5.25 Å². The van der Waals surface area contributed by atoms with Crippen molar-refractivity contribution in [2.24, 2.45) is 0 Å². The Kier molecular flexibility index (Phi) is 8.17. The number of aromatic amines is 1. The lowest BCUT2D eigenvalue weighted by atomic mass is 10.1. The predicted molar refractivity (Wildman–Crippen MR) is 163 cm³/mol. The quantitative estimate of drug-likeness (QED) is 0.217. The average Bonchev–Trinajstić information content (AvgIpc) is 3.76. The molecule has 0 spiro atoms. The summed E-state index contributed by atoms with van der Waals surface area (Å²) in [7, 11) is 0. The highest BCUT2D eigenvalue weighted by Crippen LogP contribution is 2.63. The van der Waals surface area contributed by atoms with Crippen molar-refractivity contribution >= 4 is 82.6 Å². The topological polar surface area (TPSA) is 256 Å². The summed E-state index contributed by atoms with van der Waals surface area (Å²) in [6, 6.07) is 0. The van der Waals surface area contributed by atoms with Gasteiger partial charge in [0.25, 0.3) is 5.56 Å². The summed E-state index contributed by atoms with van der Waals surface area (Å²) in [5, 5.41) is 6.84. The predicted octanol–water partition coefficient (Wildman–Crippen LogP) is 1.26. The van der Waals surface area contributed by atoms with Crippen molar-refractivity contribution in [3.05, 3.63) is 23.0 Å². The van der Waals surface area contributed by atoms with E-state index in [9.17, 15) is 14.3 Å². The van der Waals surface area contributed by atoms with E-state index in [0.717, 1.165) is 22.4 Å². The molecular formula is C20H24FN11O8P2S3. The third kappa shape index (κ3) is 5.77. The van der Waals surface area contributed by atoms with E-state index in [0.29, 0.717) is 0 Å². The van der Waals surface area contributed by atoms with E-state index in [1.54, 1.807) is 4.57 Å². The zero-order valence-corrected chi connectivity index (χ0v) is 27.1. The van der Waals surface area contributed by atoms with E-state index in [2.05, 4.69) is 35.2 Å². The number of nitrogen functional groups attached to an aromatic ring is 2. The van der Waals surface area contributed by atoms with Gasteiger partial charge in [0.1, 0.15) is 23.9 Å². The largest absolute Gasteiger partial charge is 0.389 e. The average molecular weight is 724 g/mol. The van der Waals surface area contributed by atoms with Gasteiger partial charge in [0.15, 0.2) is 40.5 Å². The molecule has 2 bridgehead atoms. The molecule has 4 aromatic heterocycles. The van der Waals surface area contributed by atoms with Gasteiger partial charge in [-0.3, -0.25) is 23.4 Å². The van der Waals surface area contributed by atoms with Crippen LogP contribution in [0.1, 0.15) is 18.0 Å².